The summed E-state index contributed by atoms with van der Waals surface area (Å²) in [7, 11) is 0. The number of allylic oxidation sites excluding steroid dienone is 1. The molecule has 1 amide bonds. The van der Waals surface area contributed by atoms with Crippen molar-refractivity contribution in [1.29, 1.82) is 0 Å². The summed E-state index contributed by atoms with van der Waals surface area (Å²) in [6.07, 6.45) is 5.36. The van der Waals surface area contributed by atoms with E-state index in [1.54, 1.807) is 13.0 Å². The zero-order chi connectivity index (χ0) is 30.8. The number of aliphatic hydroxyl groups is 1. The SMILES string of the molecule is C[C@@H](O)[C@H]1C(=O)N2C(C(=O)O)=C(C34/C=C/COc5ccc(cc5)COC(c5ccc6ccc(=O)oc6c5)(CC3)CC4)[C@H](C)[C@H]12. The summed E-state index contributed by atoms with van der Waals surface area (Å²) >= 11 is 0. The number of hydrogen-bond donors (Lipinski definition) is 2. The van der Waals surface area contributed by atoms with Gasteiger partial charge in [-0.15, -0.1) is 0 Å². The van der Waals surface area contributed by atoms with Gasteiger partial charge >= 0.3 is 11.6 Å². The second-order valence-electron chi connectivity index (χ2n) is 12.6. The fourth-order valence-corrected chi connectivity index (χ4v) is 8.05. The van der Waals surface area contributed by atoms with Crippen LogP contribution in [0.15, 0.2) is 87.2 Å². The molecule has 0 radical (unpaired) electrons. The van der Waals surface area contributed by atoms with E-state index in [2.05, 4.69) is 6.08 Å². The van der Waals surface area contributed by atoms with E-state index in [0.717, 1.165) is 22.1 Å². The van der Waals surface area contributed by atoms with Gasteiger partial charge in [0.05, 0.1) is 30.3 Å². The number of carboxylic acid groups (broad SMARTS) is 1. The molecular weight excluding hydrogens is 562 g/mol. The molecule has 0 spiro atoms. The number of aliphatic hydroxyl groups excluding tert-OH is 1. The van der Waals surface area contributed by atoms with Gasteiger partial charge in [0.2, 0.25) is 5.91 Å². The van der Waals surface area contributed by atoms with Crippen LogP contribution in [0.1, 0.15) is 50.7 Å². The first kappa shape index (κ1) is 28.6. The first-order chi connectivity index (χ1) is 21.1. The molecule has 0 unspecified atom stereocenters. The van der Waals surface area contributed by atoms with Crippen molar-refractivity contribution in [3.05, 3.63) is 99.6 Å². The van der Waals surface area contributed by atoms with Crippen molar-refractivity contribution in [3.63, 3.8) is 0 Å². The number of carbonyl (C=O) groups is 2. The lowest BCUT2D eigenvalue weighted by molar-refractivity contribution is -0.163. The standard InChI is InChI=1S/C35H35NO8/c1-20-29(31(33(40)41)36-30(20)28(21(2)37)32(36)39)34-12-3-17-42-25-9-4-22(5-10-25)19-43-35(15-13-34,16-14-34)24-8-6-23-7-11-27(38)44-26(23)18-24/h3-12,18,20-21,28,30,37H,13-17,19H2,1-2H3,(H,40,41)/b12-3+/t20-,21+,28+,30+,34?,35?/m0/s1. The number of carbonyl (C=O) groups excluding carboxylic acids is 1. The molecule has 1 aromatic heterocycles. The Hall–Kier alpha value is -4.21. The first-order valence-corrected chi connectivity index (χ1v) is 15.2. The maximum Gasteiger partial charge on any atom is 0.352 e. The van der Waals surface area contributed by atoms with Crippen molar-refractivity contribution in [2.45, 2.75) is 63.9 Å². The van der Waals surface area contributed by atoms with E-state index < -0.39 is 40.7 Å². The Bertz CT molecular complexity index is 1760. The fourth-order valence-electron chi connectivity index (χ4n) is 8.05. The molecule has 3 aromatic rings. The number of ether oxygens (including phenoxy) is 2. The van der Waals surface area contributed by atoms with Crippen LogP contribution in [0.3, 0.4) is 0 Å². The molecule has 1 saturated carbocycles. The molecule has 1 aliphatic carbocycles. The average Bonchev–Trinajstić information content (AvgIpc) is 3.28. The molecule has 9 rings (SSSR count). The Morgan fingerprint density at radius 2 is 1.75 bits per heavy atom. The molecule has 228 valence electrons. The fraction of sp³-hybridized carbons (Fsp3) is 0.400. The van der Waals surface area contributed by atoms with Gasteiger partial charge in [-0.2, -0.15) is 0 Å². The van der Waals surface area contributed by atoms with Crippen LogP contribution in [0.5, 0.6) is 5.75 Å². The third-order valence-electron chi connectivity index (χ3n) is 10.2. The van der Waals surface area contributed by atoms with Crippen molar-refractivity contribution >= 4 is 22.8 Å². The molecule has 9 nitrogen and oxygen atoms in total. The van der Waals surface area contributed by atoms with Gasteiger partial charge in [-0.1, -0.05) is 43.3 Å². The number of rotatable bonds is 4. The lowest BCUT2D eigenvalue weighted by Crippen LogP contribution is -2.63. The first-order valence-electron chi connectivity index (χ1n) is 15.2. The summed E-state index contributed by atoms with van der Waals surface area (Å²) < 4.78 is 18.3. The maximum absolute atomic E-state index is 13.2. The molecule has 44 heavy (non-hydrogen) atoms. The summed E-state index contributed by atoms with van der Waals surface area (Å²) in [6, 6.07) is 16.3. The van der Waals surface area contributed by atoms with Crippen molar-refractivity contribution < 1.29 is 33.7 Å². The molecule has 2 aromatic carbocycles. The molecule has 9 heteroatoms. The Labute approximate surface area is 254 Å². The smallest absolute Gasteiger partial charge is 0.352 e. The van der Waals surface area contributed by atoms with Crippen molar-refractivity contribution in [2.24, 2.45) is 17.3 Å². The highest BCUT2D eigenvalue weighted by molar-refractivity contribution is 6.00. The molecule has 2 fully saturated rings. The molecule has 2 N–H and O–H groups in total. The van der Waals surface area contributed by atoms with E-state index in [-0.39, 0.29) is 17.5 Å². The van der Waals surface area contributed by atoms with Crippen LogP contribution in [0, 0.1) is 17.3 Å². The molecule has 4 bridgehead atoms. The van der Waals surface area contributed by atoms with E-state index in [0.29, 0.717) is 50.2 Å². The van der Waals surface area contributed by atoms with Crippen molar-refractivity contribution in [3.8, 4) is 5.75 Å². The van der Waals surface area contributed by atoms with Crippen LogP contribution in [-0.4, -0.2) is 45.7 Å². The summed E-state index contributed by atoms with van der Waals surface area (Å²) in [5.74, 6) is -1.67. The largest absolute Gasteiger partial charge is 0.490 e. The third-order valence-corrected chi connectivity index (χ3v) is 10.2. The predicted octanol–water partition coefficient (Wildman–Crippen LogP) is 4.91. The van der Waals surface area contributed by atoms with Crippen LogP contribution < -0.4 is 10.4 Å². The van der Waals surface area contributed by atoms with Gasteiger partial charge < -0.3 is 29.0 Å². The Morgan fingerprint density at radius 1 is 1.02 bits per heavy atom. The Kier molecular flexibility index (Phi) is 6.78. The van der Waals surface area contributed by atoms with Crippen LogP contribution in [-0.2, 0) is 26.5 Å². The Balaban J connectivity index is 1.35. The highest BCUT2D eigenvalue weighted by Gasteiger charge is 2.63. The molecule has 1 saturated heterocycles. The number of carboxylic acids is 1. The number of aliphatic carboxylic acids is 1. The number of β-lactam (4-membered cyclic amide) rings is 1. The summed E-state index contributed by atoms with van der Waals surface area (Å²) in [4.78, 5) is 39.4. The third kappa shape index (κ3) is 4.40. The van der Waals surface area contributed by atoms with Crippen LogP contribution in [0.4, 0.5) is 0 Å². The zero-order valence-corrected chi connectivity index (χ0v) is 24.7. The van der Waals surface area contributed by atoms with E-state index in [9.17, 15) is 24.6 Å². The average molecular weight is 598 g/mol. The summed E-state index contributed by atoms with van der Waals surface area (Å²) in [5, 5.41) is 21.7. The van der Waals surface area contributed by atoms with E-state index in [1.165, 1.54) is 11.0 Å². The predicted molar refractivity (Wildman–Crippen MR) is 161 cm³/mol. The quantitative estimate of drug-likeness (QED) is 0.247. The van der Waals surface area contributed by atoms with Gasteiger partial charge in [0.1, 0.15) is 23.6 Å². The lowest BCUT2D eigenvalue weighted by atomic mass is 9.60. The highest BCUT2D eigenvalue weighted by atomic mass is 16.5. The lowest BCUT2D eigenvalue weighted by Gasteiger charge is -2.48. The van der Waals surface area contributed by atoms with Gasteiger partial charge in [0, 0.05) is 22.8 Å². The Morgan fingerprint density at radius 3 is 2.45 bits per heavy atom. The van der Waals surface area contributed by atoms with Crippen molar-refractivity contribution in [1.82, 2.24) is 4.90 Å². The van der Waals surface area contributed by atoms with Gasteiger partial charge in [0.25, 0.3) is 0 Å². The second kappa shape index (κ2) is 10.5. The van der Waals surface area contributed by atoms with Gasteiger partial charge in [0.15, 0.2) is 0 Å². The monoisotopic (exact) mass is 597 g/mol. The molecule has 6 aliphatic rings. The van der Waals surface area contributed by atoms with Gasteiger partial charge in [-0.05, 0) is 73.6 Å². The number of nitrogens with zero attached hydrogens (tertiary/aromatic N) is 1. The van der Waals surface area contributed by atoms with Crippen LogP contribution in [0.25, 0.3) is 11.0 Å². The normalized spacial score (nSPS) is 31.3. The zero-order valence-electron chi connectivity index (χ0n) is 24.7. The number of amides is 1. The number of benzene rings is 2. The molecule has 5 aliphatic heterocycles. The molecule has 6 heterocycles. The van der Waals surface area contributed by atoms with E-state index in [1.807, 2.05) is 55.5 Å². The minimum absolute atomic E-state index is 0.0341. The topological polar surface area (TPSA) is 127 Å². The number of fused-ring (bicyclic) bond motifs is 4. The van der Waals surface area contributed by atoms with Gasteiger partial charge in [-0.3, -0.25) is 4.79 Å². The highest BCUT2D eigenvalue weighted by Crippen LogP contribution is 2.59. The maximum atomic E-state index is 13.2. The van der Waals surface area contributed by atoms with E-state index >= 15 is 0 Å². The van der Waals surface area contributed by atoms with Gasteiger partial charge in [-0.25, -0.2) is 9.59 Å². The van der Waals surface area contributed by atoms with E-state index in [4.69, 9.17) is 13.9 Å². The summed E-state index contributed by atoms with van der Waals surface area (Å²) in [6.45, 7) is 4.21. The minimum atomic E-state index is -1.14. The number of hydrogen-bond acceptors (Lipinski definition) is 7. The van der Waals surface area contributed by atoms with Crippen LogP contribution in [0.2, 0.25) is 0 Å². The molecule has 4 atom stereocenters. The second-order valence-corrected chi connectivity index (χ2v) is 12.6. The van der Waals surface area contributed by atoms with Crippen LogP contribution >= 0.6 is 0 Å². The minimum Gasteiger partial charge on any atom is -0.490 e. The summed E-state index contributed by atoms with van der Waals surface area (Å²) in [5.41, 5.74) is 1.28. The molecular formula is C35H35NO8. The van der Waals surface area contributed by atoms with Crippen molar-refractivity contribution in [2.75, 3.05) is 6.61 Å².